The number of benzene rings is 1. The van der Waals surface area contributed by atoms with E-state index in [0.717, 1.165) is 25.1 Å². The maximum atomic E-state index is 12.8. The molecule has 1 aliphatic heterocycles. The van der Waals surface area contributed by atoms with Gasteiger partial charge in [0.05, 0.1) is 11.7 Å². The number of carbonyl (C=O) groups excluding carboxylic acids is 1. The molecular formula is C18H22N4O. The molecular weight excluding hydrogens is 288 g/mol. The lowest BCUT2D eigenvalue weighted by Gasteiger charge is -2.36. The van der Waals surface area contributed by atoms with Crippen LogP contribution in [0.15, 0.2) is 48.9 Å². The van der Waals surface area contributed by atoms with Crippen LogP contribution in [-0.4, -0.2) is 45.3 Å². The van der Waals surface area contributed by atoms with Crippen molar-refractivity contribution in [3.8, 4) is 0 Å². The number of nitrogens with zero attached hydrogens (tertiary/aromatic N) is 4. The summed E-state index contributed by atoms with van der Waals surface area (Å²) in [7, 11) is 1.99. The van der Waals surface area contributed by atoms with Crippen LogP contribution in [0.25, 0.3) is 0 Å². The Bertz CT molecular complexity index is 632. The van der Waals surface area contributed by atoms with Gasteiger partial charge in [-0.1, -0.05) is 30.3 Å². The maximum Gasteiger partial charge on any atom is 0.240 e. The van der Waals surface area contributed by atoms with Crippen LogP contribution in [-0.2, 0) is 17.9 Å². The zero-order valence-electron chi connectivity index (χ0n) is 13.4. The van der Waals surface area contributed by atoms with E-state index in [1.54, 1.807) is 18.6 Å². The standard InChI is InChI=1S/C18H22N4O/c1-21(14-16-12-19-9-10-20-16)17-8-5-11-22(18(17)23)13-15-6-3-2-4-7-15/h2-4,6-7,9-10,12,17H,5,8,11,13-14H2,1H3. The van der Waals surface area contributed by atoms with Gasteiger partial charge in [0, 0.05) is 38.2 Å². The van der Waals surface area contributed by atoms with Gasteiger partial charge in [0.2, 0.25) is 5.91 Å². The fraction of sp³-hybridized carbons (Fsp3) is 0.389. The molecule has 1 unspecified atom stereocenters. The predicted octanol–water partition coefficient (Wildman–Crippen LogP) is 2.10. The van der Waals surface area contributed by atoms with E-state index in [0.29, 0.717) is 13.1 Å². The molecule has 0 saturated carbocycles. The molecule has 1 atom stereocenters. The van der Waals surface area contributed by atoms with Gasteiger partial charge in [-0.15, -0.1) is 0 Å². The number of aromatic nitrogens is 2. The quantitative estimate of drug-likeness (QED) is 0.848. The van der Waals surface area contributed by atoms with Crippen LogP contribution in [0.2, 0.25) is 0 Å². The fourth-order valence-corrected chi connectivity index (χ4v) is 3.07. The van der Waals surface area contributed by atoms with Crippen LogP contribution in [0.3, 0.4) is 0 Å². The van der Waals surface area contributed by atoms with E-state index < -0.39 is 0 Å². The van der Waals surface area contributed by atoms with Crippen molar-refractivity contribution >= 4 is 5.91 Å². The average Bonchev–Trinajstić information content (AvgIpc) is 2.58. The van der Waals surface area contributed by atoms with E-state index in [1.807, 2.05) is 30.1 Å². The summed E-state index contributed by atoms with van der Waals surface area (Å²) in [6.07, 6.45) is 7.05. The Hall–Kier alpha value is -2.27. The van der Waals surface area contributed by atoms with E-state index in [9.17, 15) is 4.79 Å². The molecule has 2 aromatic rings. The van der Waals surface area contributed by atoms with Gasteiger partial charge < -0.3 is 4.90 Å². The van der Waals surface area contributed by atoms with Gasteiger partial charge in [-0.2, -0.15) is 0 Å². The number of hydrogen-bond acceptors (Lipinski definition) is 4. The second-order valence-corrected chi connectivity index (χ2v) is 6.02. The molecule has 23 heavy (non-hydrogen) atoms. The van der Waals surface area contributed by atoms with E-state index >= 15 is 0 Å². The second-order valence-electron chi connectivity index (χ2n) is 6.02. The van der Waals surface area contributed by atoms with Crippen LogP contribution in [0, 0.1) is 0 Å². The number of rotatable bonds is 5. The summed E-state index contributed by atoms with van der Waals surface area (Å²) in [5.74, 6) is 0.214. The first-order chi connectivity index (χ1) is 11.2. The smallest absolute Gasteiger partial charge is 0.240 e. The lowest BCUT2D eigenvalue weighted by atomic mass is 10.0. The van der Waals surface area contributed by atoms with Gasteiger partial charge in [-0.3, -0.25) is 19.7 Å². The molecule has 1 aliphatic rings. The number of piperidine rings is 1. The molecule has 2 heterocycles. The Morgan fingerprint density at radius 2 is 2.09 bits per heavy atom. The highest BCUT2D eigenvalue weighted by molar-refractivity contribution is 5.82. The van der Waals surface area contributed by atoms with E-state index in [1.165, 1.54) is 5.56 Å². The van der Waals surface area contributed by atoms with E-state index in [2.05, 4.69) is 27.0 Å². The Labute approximate surface area is 137 Å². The Balaban J connectivity index is 1.64. The van der Waals surface area contributed by atoms with Crippen molar-refractivity contribution in [3.63, 3.8) is 0 Å². The van der Waals surface area contributed by atoms with Crippen LogP contribution in [0.1, 0.15) is 24.1 Å². The van der Waals surface area contributed by atoms with Crippen LogP contribution >= 0.6 is 0 Å². The highest BCUT2D eigenvalue weighted by atomic mass is 16.2. The monoisotopic (exact) mass is 310 g/mol. The lowest BCUT2D eigenvalue weighted by molar-refractivity contribution is -0.140. The third kappa shape index (κ3) is 3.93. The molecule has 0 aliphatic carbocycles. The highest BCUT2D eigenvalue weighted by Gasteiger charge is 2.31. The van der Waals surface area contributed by atoms with Crippen LogP contribution in [0.5, 0.6) is 0 Å². The van der Waals surface area contributed by atoms with Gasteiger partial charge in [0.15, 0.2) is 0 Å². The van der Waals surface area contributed by atoms with Gasteiger partial charge in [-0.05, 0) is 25.5 Å². The summed E-state index contributed by atoms with van der Waals surface area (Å²) in [6.45, 7) is 2.17. The molecule has 0 N–H and O–H groups in total. The molecule has 1 fully saturated rings. The minimum atomic E-state index is -0.0746. The SMILES string of the molecule is CN(Cc1cnccn1)C1CCCN(Cc2ccccc2)C1=O. The number of hydrogen-bond donors (Lipinski definition) is 0. The summed E-state index contributed by atoms with van der Waals surface area (Å²) >= 11 is 0. The van der Waals surface area contributed by atoms with Crippen molar-refractivity contribution in [2.45, 2.75) is 32.0 Å². The summed E-state index contributed by atoms with van der Waals surface area (Å²) in [4.78, 5) is 25.2. The second kappa shape index (κ2) is 7.33. The average molecular weight is 310 g/mol. The van der Waals surface area contributed by atoms with Crippen molar-refractivity contribution in [1.29, 1.82) is 0 Å². The topological polar surface area (TPSA) is 49.3 Å². The van der Waals surface area contributed by atoms with Crippen molar-refractivity contribution in [1.82, 2.24) is 19.8 Å². The largest absolute Gasteiger partial charge is 0.337 e. The number of amides is 1. The molecule has 0 spiro atoms. The third-order valence-electron chi connectivity index (χ3n) is 4.28. The number of carbonyl (C=O) groups is 1. The summed E-state index contributed by atoms with van der Waals surface area (Å²) < 4.78 is 0. The normalized spacial score (nSPS) is 18.4. The van der Waals surface area contributed by atoms with Gasteiger partial charge in [0.25, 0.3) is 0 Å². The van der Waals surface area contributed by atoms with Crippen LogP contribution < -0.4 is 0 Å². The van der Waals surface area contributed by atoms with Gasteiger partial charge in [-0.25, -0.2) is 0 Å². The molecule has 1 aromatic heterocycles. The molecule has 1 saturated heterocycles. The first-order valence-electron chi connectivity index (χ1n) is 8.02. The predicted molar refractivity (Wildman–Crippen MR) is 88.4 cm³/mol. The zero-order chi connectivity index (χ0) is 16.1. The van der Waals surface area contributed by atoms with Crippen LogP contribution in [0.4, 0.5) is 0 Å². The molecule has 1 amide bonds. The molecule has 1 aromatic carbocycles. The Morgan fingerprint density at radius 3 is 2.83 bits per heavy atom. The van der Waals surface area contributed by atoms with Gasteiger partial charge >= 0.3 is 0 Å². The molecule has 120 valence electrons. The first kappa shape index (κ1) is 15.6. The lowest BCUT2D eigenvalue weighted by Crippen LogP contribution is -2.50. The minimum absolute atomic E-state index is 0.0746. The van der Waals surface area contributed by atoms with Crippen molar-refractivity contribution < 1.29 is 4.79 Å². The molecule has 0 bridgehead atoms. The summed E-state index contributed by atoms with van der Waals surface area (Å²) in [6, 6.07) is 10.1. The van der Waals surface area contributed by atoms with Crippen molar-refractivity contribution in [3.05, 3.63) is 60.2 Å². The number of likely N-dealkylation sites (N-methyl/N-ethyl adjacent to an activating group) is 1. The summed E-state index contributed by atoms with van der Waals surface area (Å²) in [5.41, 5.74) is 2.07. The highest BCUT2D eigenvalue weighted by Crippen LogP contribution is 2.19. The third-order valence-corrected chi connectivity index (χ3v) is 4.28. The first-order valence-corrected chi connectivity index (χ1v) is 8.02. The molecule has 0 radical (unpaired) electrons. The number of likely N-dealkylation sites (tertiary alicyclic amines) is 1. The fourth-order valence-electron chi connectivity index (χ4n) is 3.07. The van der Waals surface area contributed by atoms with E-state index in [-0.39, 0.29) is 11.9 Å². The van der Waals surface area contributed by atoms with Crippen molar-refractivity contribution in [2.75, 3.05) is 13.6 Å². The molecule has 5 heteroatoms. The Morgan fingerprint density at radius 1 is 1.26 bits per heavy atom. The molecule has 5 nitrogen and oxygen atoms in total. The van der Waals surface area contributed by atoms with Crippen molar-refractivity contribution in [2.24, 2.45) is 0 Å². The van der Waals surface area contributed by atoms with Gasteiger partial charge in [0.1, 0.15) is 0 Å². The van der Waals surface area contributed by atoms with E-state index in [4.69, 9.17) is 0 Å². The minimum Gasteiger partial charge on any atom is -0.337 e. The molecule has 3 rings (SSSR count). The Kier molecular flexibility index (Phi) is 4.98. The summed E-state index contributed by atoms with van der Waals surface area (Å²) in [5, 5.41) is 0. The zero-order valence-corrected chi connectivity index (χ0v) is 13.4. The maximum absolute atomic E-state index is 12.8.